The lowest BCUT2D eigenvalue weighted by atomic mass is 10.1. The highest BCUT2D eigenvalue weighted by Gasteiger charge is 2.11. The Morgan fingerprint density at radius 1 is 1.05 bits per heavy atom. The van der Waals surface area contributed by atoms with E-state index in [2.05, 4.69) is 0 Å². The molecule has 0 radical (unpaired) electrons. The third kappa shape index (κ3) is 4.27. The number of benzene rings is 2. The van der Waals surface area contributed by atoms with Crippen molar-refractivity contribution in [3.8, 4) is 0 Å². The summed E-state index contributed by atoms with van der Waals surface area (Å²) in [7, 11) is 0. The van der Waals surface area contributed by atoms with Gasteiger partial charge in [0.2, 0.25) is 0 Å². The number of halogens is 2. The van der Waals surface area contributed by atoms with E-state index >= 15 is 0 Å². The van der Waals surface area contributed by atoms with E-state index in [1.54, 1.807) is 30.0 Å². The van der Waals surface area contributed by atoms with Crippen molar-refractivity contribution in [1.29, 1.82) is 0 Å². The van der Waals surface area contributed by atoms with Crippen LogP contribution in [0.2, 0.25) is 10.0 Å². The molecule has 0 aliphatic heterocycles. The van der Waals surface area contributed by atoms with Gasteiger partial charge in [-0.3, -0.25) is 4.79 Å². The summed E-state index contributed by atoms with van der Waals surface area (Å²) in [6, 6.07) is 15.0. The number of Topliss-reactive ketones (excluding diaryl/α,β-unsaturated/α-hetero) is 1. The maximum Gasteiger partial charge on any atom is 0.174 e. The number of ketones is 1. The van der Waals surface area contributed by atoms with Gasteiger partial charge in [0.1, 0.15) is 0 Å². The average Bonchev–Trinajstić information content (AvgIpc) is 2.42. The molecule has 0 bridgehead atoms. The number of carbonyl (C=O) groups excluding carboxylic acids is 1. The molecule has 0 atom stereocenters. The van der Waals surface area contributed by atoms with Crippen LogP contribution >= 0.6 is 35.0 Å². The third-order valence-electron chi connectivity index (χ3n) is 2.57. The van der Waals surface area contributed by atoms with Crippen LogP contribution in [0.1, 0.15) is 15.9 Å². The van der Waals surface area contributed by atoms with E-state index in [1.165, 1.54) is 5.56 Å². The zero-order valence-corrected chi connectivity index (χ0v) is 12.4. The molecule has 4 heteroatoms. The summed E-state index contributed by atoms with van der Waals surface area (Å²) in [4.78, 5) is 12.0. The summed E-state index contributed by atoms with van der Waals surface area (Å²) in [5.74, 6) is 1.22. The minimum atomic E-state index is 0.00781. The van der Waals surface area contributed by atoms with E-state index in [4.69, 9.17) is 23.2 Å². The quantitative estimate of drug-likeness (QED) is 0.714. The molecule has 0 heterocycles. The molecular formula is C15H12Cl2OS. The van der Waals surface area contributed by atoms with Crippen LogP contribution in [0.15, 0.2) is 48.5 Å². The number of hydrogen-bond donors (Lipinski definition) is 0. The Labute approximate surface area is 126 Å². The van der Waals surface area contributed by atoms with Gasteiger partial charge in [-0.1, -0.05) is 53.5 Å². The summed E-state index contributed by atoms with van der Waals surface area (Å²) in [6.45, 7) is 0. The van der Waals surface area contributed by atoms with Crippen LogP contribution in [0.5, 0.6) is 0 Å². The van der Waals surface area contributed by atoms with Gasteiger partial charge in [0.25, 0.3) is 0 Å². The fourth-order valence-electron chi connectivity index (χ4n) is 1.62. The van der Waals surface area contributed by atoms with Crippen LogP contribution in [-0.2, 0) is 5.75 Å². The van der Waals surface area contributed by atoms with Crippen molar-refractivity contribution in [3.63, 3.8) is 0 Å². The lowest BCUT2D eigenvalue weighted by Gasteiger charge is -2.04. The molecule has 2 aromatic rings. The first-order chi connectivity index (χ1) is 9.16. The van der Waals surface area contributed by atoms with Crippen molar-refractivity contribution in [1.82, 2.24) is 0 Å². The van der Waals surface area contributed by atoms with Gasteiger partial charge in [0, 0.05) is 16.3 Å². The first kappa shape index (κ1) is 14.4. The normalized spacial score (nSPS) is 10.4. The van der Waals surface area contributed by atoms with Crippen LogP contribution < -0.4 is 0 Å². The molecule has 2 rings (SSSR count). The summed E-state index contributed by atoms with van der Waals surface area (Å²) in [5, 5.41) is 0.982. The molecule has 2 aromatic carbocycles. The Balaban J connectivity index is 1.93. The van der Waals surface area contributed by atoms with Gasteiger partial charge >= 0.3 is 0 Å². The van der Waals surface area contributed by atoms with Gasteiger partial charge in [-0.25, -0.2) is 0 Å². The fraction of sp³-hybridized carbons (Fsp3) is 0.133. The molecule has 98 valence electrons. The van der Waals surface area contributed by atoms with Crippen LogP contribution in [0.25, 0.3) is 0 Å². The van der Waals surface area contributed by atoms with Gasteiger partial charge in [-0.2, -0.15) is 0 Å². The Kier molecular flexibility index (Phi) is 5.32. The molecule has 0 saturated carbocycles. The maximum absolute atomic E-state index is 12.0. The highest BCUT2D eigenvalue weighted by atomic mass is 35.5. The van der Waals surface area contributed by atoms with Crippen molar-refractivity contribution >= 4 is 40.7 Å². The number of hydrogen-bond acceptors (Lipinski definition) is 2. The smallest absolute Gasteiger partial charge is 0.174 e. The van der Waals surface area contributed by atoms with Crippen molar-refractivity contribution in [2.75, 3.05) is 5.75 Å². The molecule has 0 unspecified atom stereocenters. The van der Waals surface area contributed by atoms with Gasteiger partial charge in [-0.15, -0.1) is 11.8 Å². The number of rotatable bonds is 5. The van der Waals surface area contributed by atoms with Gasteiger partial charge in [0.05, 0.1) is 10.8 Å². The highest BCUT2D eigenvalue weighted by molar-refractivity contribution is 7.99. The van der Waals surface area contributed by atoms with E-state index in [0.29, 0.717) is 21.4 Å². The van der Waals surface area contributed by atoms with Crippen LogP contribution in [0, 0.1) is 0 Å². The Morgan fingerprint density at radius 2 is 1.79 bits per heavy atom. The second kappa shape index (κ2) is 6.99. The minimum absolute atomic E-state index is 0.00781. The summed E-state index contributed by atoms with van der Waals surface area (Å²) >= 11 is 13.4. The lowest BCUT2D eigenvalue weighted by molar-refractivity contribution is 0.102. The molecule has 19 heavy (non-hydrogen) atoms. The second-order valence-corrected chi connectivity index (χ2v) is 5.85. The molecule has 0 aromatic heterocycles. The van der Waals surface area contributed by atoms with Crippen molar-refractivity contribution < 1.29 is 4.79 Å². The fourth-order valence-corrected chi connectivity index (χ4v) is 2.89. The van der Waals surface area contributed by atoms with Crippen molar-refractivity contribution in [2.24, 2.45) is 0 Å². The Morgan fingerprint density at radius 3 is 2.53 bits per heavy atom. The van der Waals surface area contributed by atoms with Crippen molar-refractivity contribution in [3.05, 3.63) is 69.7 Å². The van der Waals surface area contributed by atoms with E-state index in [-0.39, 0.29) is 5.78 Å². The van der Waals surface area contributed by atoms with E-state index in [0.717, 1.165) is 5.75 Å². The average molecular weight is 311 g/mol. The van der Waals surface area contributed by atoms with Crippen LogP contribution in [0.4, 0.5) is 0 Å². The first-order valence-electron chi connectivity index (χ1n) is 5.77. The Hall–Kier alpha value is -0.960. The van der Waals surface area contributed by atoms with Gasteiger partial charge in [0.15, 0.2) is 5.78 Å². The lowest BCUT2D eigenvalue weighted by Crippen LogP contribution is -2.03. The molecule has 0 fully saturated rings. The SMILES string of the molecule is O=C(CSCc1ccccc1)c1cc(Cl)ccc1Cl. The van der Waals surface area contributed by atoms with Crippen LogP contribution in [-0.4, -0.2) is 11.5 Å². The largest absolute Gasteiger partial charge is 0.293 e. The van der Waals surface area contributed by atoms with Crippen molar-refractivity contribution in [2.45, 2.75) is 5.75 Å². The predicted octanol–water partition coefficient (Wildman–Crippen LogP) is 5.11. The molecular weight excluding hydrogens is 299 g/mol. The predicted molar refractivity (Wildman–Crippen MR) is 83.4 cm³/mol. The monoisotopic (exact) mass is 310 g/mol. The second-order valence-electron chi connectivity index (χ2n) is 4.03. The first-order valence-corrected chi connectivity index (χ1v) is 7.68. The summed E-state index contributed by atoms with van der Waals surface area (Å²) in [5.41, 5.74) is 1.70. The zero-order valence-electron chi connectivity index (χ0n) is 10.1. The molecule has 0 aliphatic carbocycles. The Bertz CT molecular complexity index is 570. The topological polar surface area (TPSA) is 17.1 Å². The van der Waals surface area contributed by atoms with Crippen LogP contribution in [0.3, 0.4) is 0 Å². The summed E-state index contributed by atoms with van der Waals surface area (Å²) in [6.07, 6.45) is 0. The number of carbonyl (C=O) groups is 1. The van der Waals surface area contributed by atoms with E-state index < -0.39 is 0 Å². The highest BCUT2D eigenvalue weighted by Crippen LogP contribution is 2.23. The van der Waals surface area contributed by atoms with E-state index in [9.17, 15) is 4.79 Å². The molecule has 0 saturated heterocycles. The molecule has 1 nitrogen and oxygen atoms in total. The number of thioether (sulfide) groups is 1. The standard InChI is InChI=1S/C15H12Cl2OS/c16-12-6-7-14(17)13(8-12)15(18)10-19-9-11-4-2-1-3-5-11/h1-8H,9-10H2. The zero-order chi connectivity index (χ0) is 13.7. The van der Waals surface area contributed by atoms with Gasteiger partial charge < -0.3 is 0 Å². The molecule has 0 amide bonds. The molecule has 0 aliphatic rings. The third-order valence-corrected chi connectivity index (χ3v) is 4.14. The summed E-state index contributed by atoms with van der Waals surface area (Å²) < 4.78 is 0. The molecule has 0 N–H and O–H groups in total. The molecule has 0 spiro atoms. The van der Waals surface area contributed by atoms with E-state index in [1.807, 2.05) is 30.3 Å². The van der Waals surface area contributed by atoms with Gasteiger partial charge in [-0.05, 0) is 23.8 Å². The minimum Gasteiger partial charge on any atom is -0.293 e. The maximum atomic E-state index is 12.0.